The van der Waals surface area contributed by atoms with E-state index >= 15 is 0 Å². The van der Waals surface area contributed by atoms with Gasteiger partial charge in [0.05, 0.1) is 0 Å². The van der Waals surface area contributed by atoms with E-state index in [1.807, 2.05) is 0 Å². The second kappa shape index (κ2) is 23.1. The maximum absolute atomic E-state index is 2.74. The standard InChI is InChI=1S/C40H65I/c1-32(2)17-12-20-35(7)22-15-24-37(9)27-29-40(41,31-39(11)26-14-19-34(5)6)30-28-38(10)25-16-23-36(8)21-13-18-33(3)4/h17-19,22-23,27-28,31H,12-16,20-21,24-26,29-30H2,1-11H3. The minimum Gasteiger partial charge on any atom is -0.0856 e. The third-order valence-electron chi connectivity index (χ3n) is 7.42. The predicted octanol–water partition coefficient (Wildman–Crippen LogP) is 14.5. The SMILES string of the molecule is CC(C)=CCCC(C)=CCCC(C)=CCC(I)(C=C(C)CCC=C(C)C)CC=C(C)CCC=C(C)CCC=C(C)C. The molecule has 0 heterocycles. The van der Waals surface area contributed by atoms with E-state index in [9.17, 15) is 0 Å². The molecule has 0 aliphatic carbocycles. The van der Waals surface area contributed by atoms with Crippen LogP contribution in [0.5, 0.6) is 0 Å². The Morgan fingerprint density at radius 3 is 0.976 bits per heavy atom. The highest BCUT2D eigenvalue weighted by atomic mass is 127. The lowest BCUT2D eigenvalue weighted by molar-refractivity contribution is 0.741. The van der Waals surface area contributed by atoms with Crippen LogP contribution < -0.4 is 0 Å². The largest absolute Gasteiger partial charge is 0.0856 e. The summed E-state index contributed by atoms with van der Waals surface area (Å²) in [6.07, 6.45) is 33.3. The molecule has 0 aromatic rings. The summed E-state index contributed by atoms with van der Waals surface area (Å²) in [4.78, 5) is 0. The molecule has 0 N–H and O–H groups in total. The molecule has 0 atom stereocenters. The average Bonchev–Trinajstić information content (AvgIpc) is 2.85. The lowest BCUT2D eigenvalue weighted by Crippen LogP contribution is -2.16. The van der Waals surface area contributed by atoms with Crippen LogP contribution in [0.3, 0.4) is 0 Å². The molecule has 0 radical (unpaired) electrons. The van der Waals surface area contributed by atoms with Crippen molar-refractivity contribution in [2.24, 2.45) is 0 Å². The summed E-state index contributed by atoms with van der Waals surface area (Å²) in [7, 11) is 0. The lowest BCUT2D eigenvalue weighted by atomic mass is 9.93. The van der Waals surface area contributed by atoms with Crippen molar-refractivity contribution in [3.8, 4) is 0 Å². The Kier molecular flexibility index (Phi) is 22.4. The van der Waals surface area contributed by atoms with Crippen molar-refractivity contribution in [1.82, 2.24) is 0 Å². The fraction of sp³-hybridized carbons (Fsp3) is 0.600. The van der Waals surface area contributed by atoms with Crippen LogP contribution in [0.2, 0.25) is 0 Å². The summed E-state index contributed by atoms with van der Waals surface area (Å²) < 4.78 is 0.127. The van der Waals surface area contributed by atoms with Gasteiger partial charge in [-0.15, -0.1) is 0 Å². The minimum atomic E-state index is 0.127. The van der Waals surface area contributed by atoms with E-state index in [1.54, 1.807) is 0 Å². The van der Waals surface area contributed by atoms with Gasteiger partial charge in [-0.25, -0.2) is 0 Å². The molecule has 0 fully saturated rings. The normalized spacial score (nSPS) is 15.0. The van der Waals surface area contributed by atoms with E-state index in [4.69, 9.17) is 0 Å². The van der Waals surface area contributed by atoms with Crippen molar-refractivity contribution < 1.29 is 0 Å². The van der Waals surface area contributed by atoms with Gasteiger partial charge in [-0.3, -0.25) is 0 Å². The molecule has 0 spiro atoms. The summed E-state index contributed by atoms with van der Waals surface area (Å²) in [6, 6.07) is 0. The summed E-state index contributed by atoms with van der Waals surface area (Å²) in [5, 5.41) is 0. The average molecular weight is 673 g/mol. The number of hydrogen-bond acceptors (Lipinski definition) is 0. The number of alkyl halides is 1. The van der Waals surface area contributed by atoms with Gasteiger partial charge in [0.25, 0.3) is 0 Å². The highest BCUT2D eigenvalue weighted by Gasteiger charge is 2.21. The molecular weight excluding hydrogens is 607 g/mol. The first-order valence-electron chi connectivity index (χ1n) is 16.1. The van der Waals surface area contributed by atoms with Gasteiger partial charge >= 0.3 is 0 Å². The molecule has 0 aliphatic heterocycles. The van der Waals surface area contributed by atoms with Gasteiger partial charge in [0.15, 0.2) is 0 Å². The van der Waals surface area contributed by atoms with Gasteiger partial charge in [0.1, 0.15) is 0 Å². The third kappa shape index (κ3) is 24.9. The second-order valence-corrected chi connectivity index (χ2v) is 15.3. The molecule has 232 valence electrons. The van der Waals surface area contributed by atoms with E-state index in [0.29, 0.717) is 0 Å². The molecular formula is C40H65I. The third-order valence-corrected chi connectivity index (χ3v) is 8.61. The molecule has 0 saturated carbocycles. The van der Waals surface area contributed by atoms with Crippen molar-refractivity contribution in [3.63, 3.8) is 0 Å². The molecule has 0 unspecified atom stereocenters. The smallest absolute Gasteiger partial charge is 0.0472 e. The van der Waals surface area contributed by atoms with Crippen molar-refractivity contribution in [3.05, 3.63) is 93.2 Å². The van der Waals surface area contributed by atoms with E-state index in [-0.39, 0.29) is 3.42 Å². The first-order chi connectivity index (χ1) is 19.2. The number of hydrogen-bond donors (Lipinski definition) is 0. The number of rotatable bonds is 20. The van der Waals surface area contributed by atoms with Crippen LogP contribution in [0.1, 0.15) is 153 Å². The maximum Gasteiger partial charge on any atom is 0.0472 e. The molecule has 0 rings (SSSR count). The molecule has 0 saturated heterocycles. The van der Waals surface area contributed by atoms with Gasteiger partial charge in [-0.2, -0.15) is 0 Å². The molecule has 0 aromatic carbocycles. The highest BCUT2D eigenvalue weighted by molar-refractivity contribution is 14.1. The van der Waals surface area contributed by atoms with Crippen LogP contribution >= 0.6 is 22.6 Å². The van der Waals surface area contributed by atoms with Gasteiger partial charge in [-0.05, 0) is 153 Å². The van der Waals surface area contributed by atoms with Gasteiger partial charge in [0.2, 0.25) is 0 Å². The van der Waals surface area contributed by atoms with Gasteiger partial charge in [-0.1, -0.05) is 116 Å². The van der Waals surface area contributed by atoms with Crippen LogP contribution in [-0.4, -0.2) is 3.42 Å². The Hall–Kier alpha value is -1.35. The van der Waals surface area contributed by atoms with Crippen molar-refractivity contribution in [2.75, 3.05) is 0 Å². The maximum atomic E-state index is 2.74. The Balaban J connectivity index is 5.32. The Bertz CT molecular complexity index is 927. The zero-order valence-electron chi connectivity index (χ0n) is 29.0. The minimum absolute atomic E-state index is 0.127. The second-order valence-electron chi connectivity index (χ2n) is 13.2. The Labute approximate surface area is 271 Å². The van der Waals surface area contributed by atoms with Crippen LogP contribution in [0, 0.1) is 0 Å². The van der Waals surface area contributed by atoms with E-state index < -0.39 is 0 Å². The van der Waals surface area contributed by atoms with Crippen LogP contribution in [0.25, 0.3) is 0 Å². The van der Waals surface area contributed by atoms with Crippen molar-refractivity contribution in [1.29, 1.82) is 0 Å². The summed E-state index contributed by atoms with van der Waals surface area (Å²) >= 11 is 2.74. The van der Waals surface area contributed by atoms with Crippen molar-refractivity contribution >= 4 is 22.6 Å². The lowest BCUT2D eigenvalue weighted by Gasteiger charge is -2.23. The summed E-state index contributed by atoms with van der Waals surface area (Å²) in [5.41, 5.74) is 11.8. The number of halogens is 1. The zero-order valence-corrected chi connectivity index (χ0v) is 31.1. The highest BCUT2D eigenvalue weighted by Crippen LogP contribution is 2.34. The first kappa shape index (κ1) is 39.6. The van der Waals surface area contributed by atoms with Crippen molar-refractivity contribution in [2.45, 2.75) is 157 Å². The zero-order chi connectivity index (χ0) is 31.3. The molecule has 41 heavy (non-hydrogen) atoms. The topological polar surface area (TPSA) is 0 Å². The van der Waals surface area contributed by atoms with Crippen LogP contribution in [0.4, 0.5) is 0 Å². The van der Waals surface area contributed by atoms with Gasteiger partial charge in [0, 0.05) is 3.42 Å². The Morgan fingerprint density at radius 2 is 0.659 bits per heavy atom. The van der Waals surface area contributed by atoms with Crippen LogP contribution in [-0.2, 0) is 0 Å². The molecule has 0 amide bonds. The first-order valence-corrected chi connectivity index (χ1v) is 17.2. The van der Waals surface area contributed by atoms with Gasteiger partial charge < -0.3 is 0 Å². The fourth-order valence-electron chi connectivity index (χ4n) is 4.67. The predicted molar refractivity (Wildman–Crippen MR) is 199 cm³/mol. The van der Waals surface area contributed by atoms with Crippen LogP contribution in [0.15, 0.2) is 93.2 Å². The number of allylic oxidation sites excluding steroid dienone is 16. The van der Waals surface area contributed by atoms with E-state index in [1.165, 1.54) is 57.4 Å². The quantitative estimate of drug-likeness (QED) is 0.0686. The monoisotopic (exact) mass is 672 g/mol. The molecule has 0 aliphatic rings. The molecule has 0 nitrogen and oxygen atoms in total. The summed E-state index contributed by atoms with van der Waals surface area (Å²) in [5.74, 6) is 0. The molecule has 0 aromatic heterocycles. The van der Waals surface area contributed by atoms with E-state index in [0.717, 1.165) is 64.2 Å². The molecule has 0 bridgehead atoms. The van der Waals surface area contributed by atoms with E-state index in [2.05, 4.69) is 147 Å². The fourth-order valence-corrected chi connectivity index (χ4v) is 5.64. The summed E-state index contributed by atoms with van der Waals surface area (Å²) in [6.45, 7) is 24.7. The molecule has 1 heteroatoms. The Morgan fingerprint density at radius 1 is 0.390 bits per heavy atom.